The second-order valence-electron chi connectivity index (χ2n) is 5.05. The highest BCUT2D eigenvalue weighted by Crippen LogP contribution is 2.10. The first-order valence-electron chi connectivity index (χ1n) is 7.68. The fraction of sp³-hybridized carbons (Fsp3) is 0.562. The summed E-state index contributed by atoms with van der Waals surface area (Å²) in [6.45, 7) is 3.98. The predicted molar refractivity (Wildman–Crippen MR) is 86.5 cm³/mol. The van der Waals surface area contributed by atoms with Gasteiger partial charge in [0.15, 0.2) is 9.84 Å². The molecule has 1 aromatic carbocycles. The van der Waals surface area contributed by atoms with Gasteiger partial charge in [-0.2, -0.15) is 0 Å². The van der Waals surface area contributed by atoms with E-state index in [0.717, 1.165) is 25.9 Å². The van der Waals surface area contributed by atoms with Crippen LogP contribution in [0, 0.1) is 0 Å². The Morgan fingerprint density at radius 2 is 1.82 bits per heavy atom. The maximum Gasteiger partial charge on any atom is 0.221 e. The average molecular weight is 327 g/mol. The van der Waals surface area contributed by atoms with E-state index in [-0.39, 0.29) is 23.0 Å². The van der Waals surface area contributed by atoms with Crippen molar-refractivity contribution in [1.82, 2.24) is 5.32 Å². The number of nitrogens with one attached hydrogen (secondary N) is 1. The zero-order valence-electron chi connectivity index (χ0n) is 13.1. The van der Waals surface area contributed by atoms with Gasteiger partial charge in [-0.15, -0.1) is 0 Å². The van der Waals surface area contributed by atoms with Gasteiger partial charge in [-0.3, -0.25) is 4.79 Å². The minimum Gasteiger partial charge on any atom is -0.381 e. The number of carbonyl (C=O) groups is 1. The third kappa shape index (κ3) is 7.56. The topological polar surface area (TPSA) is 72.5 Å². The van der Waals surface area contributed by atoms with Gasteiger partial charge in [0, 0.05) is 26.2 Å². The first kappa shape index (κ1) is 18.6. The highest BCUT2D eigenvalue weighted by atomic mass is 32.2. The number of carbonyl (C=O) groups excluding carboxylic acids is 1. The Kier molecular flexibility index (Phi) is 8.77. The lowest BCUT2D eigenvalue weighted by atomic mass is 10.3. The quantitative estimate of drug-likeness (QED) is 0.632. The van der Waals surface area contributed by atoms with Gasteiger partial charge in [0.2, 0.25) is 5.91 Å². The second-order valence-corrected chi connectivity index (χ2v) is 7.16. The Morgan fingerprint density at radius 1 is 1.14 bits per heavy atom. The Morgan fingerprint density at radius 3 is 2.50 bits per heavy atom. The van der Waals surface area contributed by atoms with Crippen molar-refractivity contribution in [3.63, 3.8) is 0 Å². The lowest BCUT2D eigenvalue weighted by Crippen LogP contribution is -2.27. The molecule has 0 heterocycles. The fourth-order valence-electron chi connectivity index (χ4n) is 1.81. The van der Waals surface area contributed by atoms with Gasteiger partial charge < -0.3 is 10.1 Å². The third-order valence-electron chi connectivity index (χ3n) is 3.13. The van der Waals surface area contributed by atoms with Crippen LogP contribution in [0.3, 0.4) is 0 Å². The lowest BCUT2D eigenvalue weighted by molar-refractivity contribution is -0.120. The molecule has 124 valence electrons. The van der Waals surface area contributed by atoms with E-state index in [0.29, 0.717) is 13.2 Å². The molecule has 1 amide bonds. The van der Waals surface area contributed by atoms with Gasteiger partial charge in [-0.25, -0.2) is 8.42 Å². The second kappa shape index (κ2) is 10.3. The standard InChI is InChI=1S/C16H25NO4S/c1-2-3-12-21-13-7-11-17-16(18)10-14-22(19,20)15-8-5-4-6-9-15/h4-6,8-9H,2-3,7,10-14H2,1H3,(H,17,18). The Labute approximate surface area is 133 Å². The minimum atomic E-state index is -3.39. The SMILES string of the molecule is CCCCOCCCNC(=O)CCS(=O)(=O)c1ccccc1. The Hall–Kier alpha value is -1.40. The van der Waals surface area contributed by atoms with Gasteiger partial charge >= 0.3 is 0 Å². The molecular formula is C16H25NO4S. The molecular weight excluding hydrogens is 302 g/mol. The van der Waals surface area contributed by atoms with E-state index in [1.165, 1.54) is 0 Å². The highest BCUT2D eigenvalue weighted by molar-refractivity contribution is 7.91. The van der Waals surface area contributed by atoms with Crippen LogP contribution in [0.25, 0.3) is 0 Å². The largest absolute Gasteiger partial charge is 0.381 e. The summed E-state index contributed by atoms with van der Waals surface area (Å²) in [4.78, 5) is 11.9. The molecule has 0 unspecified atom stereocenters. The Bertz CT molecular complexity index is 528. The van der Waals surface area contributed by atoms with Gasteiger partial charge in [0.05, 0.1) is 10.6 Å². The zero-order chi connectivity index (χ0) is 16.3. The van der Waals surface area contributed by atoms with E-state index in [2.05, 4.69) is 12.2 Å². The Balaban J connectivity index is 2.18. The molecule has 5 nitrogen and oxygen atoms in total. The van der Waals surface area contributed by atoms with Crippen LogP contribution in [0.1, 0.15) is 32.6 Å². The van der Waals surface area contributed by atoms with Gasteiger partial charge in [-0.1, -0.05) is 31.5 Å². The van der Waals surface area contributed by atoms with Crippen molar-refractivity contribution in [2.45, 2.75) is 37.5 Å². The number of amides is 1. The first-order chi connectivity index (χ1) is 10.6. The van der Waals surface area contributed by atoms with Gasteiger partial charge in [0.1, 0.15) is 0 Å². The van der Waals surface area contributed by atoms with Crippen molar-refractivity contribution in [3.8, 4) is 0 Å². The number of hydrogen-bond donors (Lipinski definition) is 1. The summed E-state index contributed by atoms with van der Waals surface area (Å²) < 4.78 is 29.4. The maximum atomic E-state index is 12.0. The number of sulfone groups is 1. The molecule has 6 heteroatoms. The molecule has 0 saturated carbocycles. The van der Waals surface area contributed by atoms with E-state index >= 15 is 0 Å². The number of unbranched alkanes of at least 4 members (excludes halogenated alkanes) is 1. The van der Waals surface area contributed by atoms with Crippen LogP contribution in [0.4, 0.5) is 0 Å². The van der Waals surface area contributed by atoms with Gasteiger partial charge in [0.25, 0.3) is 0 Å². The zero-order valence-corrected chi connectivity index (χ0v) is 13.9. The van der Waals surface area contributed by atoms with Crippen molar-refractivity contribution in [2.75, 3.05) is 25.5 Å². The lowest BCUT2D eigenvalue weighted by Gasteiger charge is -2.07. The van der Waals surface area contributed by atoms with E-state index < -0.39 is 9.84 Å². The molecule has 0 atom stereocenters. The third-order valence-corrected chi connectivity index (χ3v) is 4.86. The molecule has 0 radical (unpaired) electrons. The average Bonchev–Trinajstić information content (AvgIpc) is 2.53. The minimum absolute atomic E-state index is 0.0199. The normalized spacial score (nSPS) is 11.3. The summed E-state index contributed by atoms with van der Waals surface area (Å²) in [5, 5.41) is 2.71. The van der Waals surface area contributed by atoms with E-state index in [4.69, 9.17) is 4.74 Å². The summed E-state index contributed by atoms with van der Waals surface area (Å²) in [6.07, 6.45) is 2.87. The van der Waals surface area contributed by atoms with Crippen LogP contribution >= 0.6 is 0 Å². The van der Waals surface area contributed by atoms with Crippen LogP contribution in [0.15, 0.2) is 35.2 Å². The molecule has 0 aliphatic heterocycles. The molecule has 1 rings (SSSR count). The van der Waals surface area contributed by atoms with Crippen molar-refractivity contribution >= 4 is 15.7 Å². The molecule has 0 aromatic heterocycles. The molecule has 0 aliphatic carbocycles. The van der Waals surface area contributed by atoms with E-state index in [1.54, 1.807) is 30.3 Å². The monoisotopic (exact) mass is 327 g/mol. The number of rotatable bonds is 11. The number of hydrogen-bond acceptors (Lipinski definition) is 4. The van der Waals surface area contributed by atoms with Crippen molar-refractivity contribution in [1.29, 1.82) is 0 Å². The van der Waals surface area contributed by atoms with E-state index in [1.807, 2.05) is 0 Å². The summed E-state index contributed by atoms with van der Waals surface area (Å²) in [7, 11) is -3.39. The van der Waals surface area contributed by atoms with Crippen LogP contribution in [0.5, 0.6) is 0 Å². The first-order valence-corrected chi connectivity index (χ1v) is 9.33. The van der Waals surface area contributed by atoms with Gasteiger partial charge in [-0.05, 0) is 25.0 Å². The van der Waals surface area contributed by atoms with Crippen LogP contribution in [-0.2, 0) is 19.4 Å². The molecule has 22 heavy (non-hydrogen) atoms. The molecule has 1 aromatic rings. The number of benzene rings is 1. The molecule has 0 bridgehead atoms. The van der Waals surface area contributed by atoms with Crippen LogP contribution < -0.4 is 5.32 Å². The summed E-state index contributed by atoms with van der Waals surface area (Å²) >= 11 is 0. The van der Waals surface area contributed by atoms with Crippen LogP contribution in [0.2, 0.25) is 0 Å². The summed E-state index contributed by atoms with van der Waals surface area (Å²) in [5.41, 5.74) is 0. The molecule has 0 aliphatic rings. The van der Waals surface area contributed by atoms with E-state index in [9.17, 15) is 13.2 Å². The summed E-state index contributed by atoms with van der Waals surface area (Å²) in [6, 6.07) is 8.19. The van der Waals surface area contributed by atoms with Crippen molar-refractivity contribution < 1.29 is 17.9 Å². The predicted octanol–water partition coefficient (Wildman–Crippen LogP) is 2.17. The maximum absolute atomic E-state index is 12.0. The molecule has 0 spiro atoms. The highest BCUT2D eigenvalue weighted by Gasteiger charge is 2.15. The molecule has 1 N–H and O–H groups in total. The van der Waals surface area contributed by atoms with Crippen molar-refractivity contribution in [2.24, 2.45) is 0 Å². The smallest absolute Gasteiger partial charge is 0.221 e. The summed E-state index contributed by atoms with van der Waals surface area (Å²) in [5.74, 6) is -0.413. The number of ether oxygens (including phenoxy) is 1. The fourth-order valence-corrected chi connectivity index (χ4v) is 3.07. The molecule has 0 fully saturated rings. The molecule has 0 saturated heterocycles. The van der Waals surface area contributed by atoms with Crippen LogP contribution in [-0.4, -0.2) is 39.8 Å². The van der Waals surface area contributed by atoms with Crippen molar-refractivity contribution in [3.05, 3.63) is 30.3 Å².